The van der Waals surface area contributed by atoms with Crippen molar-refractivity contribution in [3.63, 3.8) is 0 Å². The van der Waals surface area contributed by atoms with E-state index in [1.54, 1.807) is 0 Å². The highest BCUT2D eigenvalue weighted by Gasteiger charge is 2.10. The van der Waals surface area contributed by atoms with Crippen LogP contribution in [0.15, 0.2) is 6.20 Å². The molecule has 1 rings (SSSR count). The molecule has 0 bridgehead atoms. The lowest BCUT2D eigenvalue weighted by molar-refractivity contribution is 0.144. The molecule has 0 aromatic carbocycles. The van der Waals surface area contributed by atoms with Crippen molar-refractivity contribution in [2.75, 3.05) is 19.8 Å². The fourth-order valence-corrected chi connectivity index (χ4v) is 1.79. The van der Waals surface area contributed by atoms with Gasteiger partial charge in [0.2, 0.25) is 0 Å². The Labute approximate surface area is 98.0 Å². The molecule has 0 fully saturated rings. The molecule has 1 atom stereocenters. The first kappa shape index (κ1) is 13.2. The summed E-state index contributed by atoms with van der Waals surface area (Å²) in [6.45, 7) is 8.86. The molecule has 0 aliphatic rings. The van der Waals surface area contributed by atoms with Gasteiger partial charge in [-0.3, -0.25) is 4.68 Å². The summed E-state index contributed by atoms with van der Waals surface area (Å²) in [6.07, 6.45) is 3.13. The first-order valence-electron chi connectivity index (χ1n) is 5.96. The number of hydrogen-bond acceptors (Lipinski definition) is 3. The third-order valence-electron chi connectivity index (χ3n) is 2.64. The highest BCUT2D eigenvalue weighted by Crippen LogP contribution is 2.14. The van der Waals surface area contributed by atoms with E-state index in [1.807, 2.05) is 25.6 Å². The molecular weight excluding hydrogens is 202 g/mol. The van der Waals surface area contributed by atoms with Gasteiger partial charge in [-0.15, -0.1) is 0 Å². The molecule has 0 spiro atoms. The van der Waals surface area contributed by atoms with Crippen LogP contribution in [0, 0.1) is 6.92 Å². The Morgan fingerprint density at radius 2 is 2.31 bits per heavy atom. The van der Waals surface area contributed by atoms with Crippen molar-refractivity contribution in [2.24, 2.45) is 7.05 Å². The molecule has 0 aliphatic heterocycles. The highest BCUT2D eigenvalue weighted by molar-refractivity contribution is 5.19. The highest BCUT2D eigenvalue weighted by atomic mass is 16.5. The molecule has 1 unspecified atom stereocenters. The molecule has 0 aliphatic carbocycles. The van der Waals surface area contributed by atoms with Crippen LogP contribution >= 0.6 is 0 Å². The zero-order valence-electron chi connectivity index (χ0n) is 10.8. The molecule has 1 heterocycles. The Bertz CT molecular complexity index is 309. The van der Waals surface area contributed by atoms with Crippen molar-refractivity contribution in [3.05, 3.63) is 17.5 Å². The Balaban J connectivity index is 2.29. The van der Waals surface area contributed by atoms with Crippen LogP contribution in [0.2, 0.25) is 0 Å². The molecule has 1 aromatic rings. The predicted molar refractivity (Wildman–Crippen MR) is 65.5 cm³/mol. The van der Waals surface area contributed by atoms with Crippen LogP contribution in [0.4, 0.5) is 0 Å². The van der Waals surface area contributed by atoms with Crippen molar-refractivity contribution in [1.82, 2.24) is 15.1 Å². The van der Waals surface area contributed by atoms with Crippen LogP contribution in [0.25, 0.3) is 0 Å². The van der Waals surface area contributed by atoms with Gasteiger partial charge in [-0.25, -0.2) is 0 Å². The van der Waals surface area contributed by atoms with Gasteiger partial charge >= 0.3 is 0 Å². The lowest BCUT2D eigenvalue weighted by Gasteiger charge is -2.12. The van der Waals surface area contributed by atoms with Crippen LogP contribution < -0.4 is 5.32 Å². The lowest BCUT2D eigenvalue weighted by Crippen LogP contribution is -2.21. The van der Waals surface area contributed by atoms with Gasteiger partial charge < -0.3 is 10.1 Å². The normalized spacial score (nSPS) is 13.0. The van der Waals surface area contributed by atoms with E-state index >= 15 is 0 Å². The first-order valence-corrected chi connectivity index (χ1v) is 5.96. The third kappa shape index (κ3) is 3.94. The summed E-state index contributed by atoms with van der Waals surface area (Å²) >= 11 is 0. The second-order valence-electron chi connectivity index (χ2n) is 4.07. The fraction of sp³-hybridized carbons (Fsp3) is 0.750. The van der Waals surface area contributed by atoms with Crippen LogP contribution in [-0.4, -0.2) is 29.5 Å². The van der Waals surface area contributed by atoms with Gasteiger partial charge in [0.15, 0.2) is 0 Å². The summed E-state index contributed by atoms with van der Waals surface area (Å²) < 4.78 is 7.16. The Morgan fingerprint density at radius 3 is 2.88 bits per heavy atom. The number of nitrogens with one attached hydrogen (secondary N) is 1. The molecule has 0 saturated heterocycles. The molecule has 0 saturated carbocycles. The van der Waals surface area contributed by atoms with Crippen molar-refractivity contribution in [2.45, 2.75) is 33.2 Å². The standard InChI is InChI=1S/C12H23N3O/c1-5-16-8-6-7-13-10(2)12-9-15(4)14-11(12)3/h9-10,13H,5-8H2,1-4H3. The maximum atomic E-state index is 5.29. The topological polar surface area (TPSA) is 39.1 Å². The van der Waals surface area contributed by atoms with Crippen molar-refractivity contribution >= 4 is 0 Å². The van der Waals surface area contributed by atoms with Gasteiger partial charge in [-0.05, 0) is 33.7 Å². The molecule has 4 nitrogen and oxygen atoms in total. The monoisotopic (exact) mass is 225 g/mol. The second kappa shape index (κ2) is 6.66. The minimum absolute atomic E-state index is 0.357. The van der Waals surface area contributed by atoms with Crippen LogP contribution in [-0.2, 0) is 11.8 Å². The minimum atomic E-state index is 0.357. The minimum Gasteiger partial charge on any atom is -0.382 e. The predicted octanol–water partition coefficient (Wildman–Crippen LogP) is 1.81. The maximum absolute atomic E-state index is 5.29. The van der Waals surface area contributed by atoms with E-state index in [-0.39, 0.29) is 0 Å². The molecule has 0 amide bonds. The summed E-state index contributed by atoms with van der Waals surface area (Å²) in [7, 11) is 1.96. The van der Waals surface area contributed by atoms with E-state index in [0.717, 1.165) is 31.9 Å². The first-order chi connectivity index (χ1) is 7.65. The average Bonchev–Trinajstić information content (AvgIpc) is 2.57. The van der Waals surface area contributed by atoms with Gasteiger partial charge in [-0.2, -0.15) is 5.10 Å². The molecule has 1 aromatic heterocycles. The van der Waals surface area contributed by atoms with Gasteiger partial charge in [0.25, 0.3) is 0 Å². The van der Waals surface area contributed by atoms with Crippen LogP contribution in [0.3, 0.4) is 0 Å². The SMILES string of the molecule is CCOCCCNC(C)c1cn(C)nc1C. The van der Waals surface area contributed by atoms with Gasteiger partial charge in [0, 0.05) is 38.1 Å². The van der Waals surface area contributed by atoms with E-state index in [9.17, 15) is 0 Å². The number of aromatic nitrogens is 2. The van der Waals surface area contributed by atoms with Crippen molar-refractivity contribution in [3.8, 4) is 0 Å². The zero-order valence-corrected chi connectivity index (χ0v) is 10.8. The number of ether oxygens (including phenoxy) is 1. The third-order valence-corrected chi connectivity index (χ3v) is 2.64. The van der Waals surface area contributed by atoms with Crippen LogP contribution in [0.5, 0.6) is 0 Å². The van der Waals surface area contributed by atoms with Crippen molar-refractivity contribution < 1.29 is 4.74 Å². The molecule has 16 heavy (non-hydrogen) atoms. The molecule has 4 heteroatoms. The summed E-state index contributed by atoms with van der Waals surface area (Å²) in [5, 5.41) is 7.82. The average molecular weight is 225 g/mol. The smallest absolute Gasteiger partial charge is 0.0641 e. The van der Waals surface area contributed by atoms with E-state index < -0.39 is 0 Å². The largest absolute Gasteiger partial charge is 0.382 e. The van der Waals surface area contributed by atoms with Gasteiger partial charge in [0.05, 0.1) is 5.69 Å². The lowest BCUT2D eigenvalue weighted by atomic mass is 10.1. The number of hydrogen-bond donors (Lipinski definition) is 1. The van der Waals surface area contributed by atoms with Crippen molar-refractivity contribution in [1.29, 1.82) is 0 Å². The summed E-state index contributed by atoms with van der Waals surface area (Å²) in [5.74, 6) is 0. The van der Waals surface area contributed by atoms with E-state index in [0.29, 0.717) is 6.04 Å². The van der Waals surface area contributed by atoms with E-state index in [1.165, 1.54) is 5.56 Å². The zero-order chi connectivity index (χ0) is 12.0. The molecule has 92 valence electrons. The van der Waals surface area contributed by atoms with Crippen LogP contribution in [0.1, 0.15) is 37.6 Å². The number of aryl methyl sites for hydroxylation is 2. The summed E-state index contributed by atoms with van der Waals surface area (Å²) in [6, 6.07) is 0.357. The van der Waals surface area contributed by atoms with E-state index in [4.69, 9.17) is 4.74 Å². The Morgan fingerprint density at radius 1 is 1.56 bits per heavy atom. The summed E-state index contributed by atoms with van der Waals surface area (Å²) in [4.78, 5) is 0. The molecular formula is C12H23N3O. The fourth-order valence-electron chi connectivity index (χ4n) is 1.79. The Hall–Kier alpha value is -0.870. The van der Waals surface area contributed by atoms with Gasteiger partial charge in [0.1, 0.15) is 0 Å². The number of nitrogens with zero attached hydrogens (tertiary/aromatic N) is 2. The second-order valence-corrected chi connectivity index (χ2v) is 4.07. The quantitative estimate of drug-likeness (QED) is 0.719. The van der Waals surface area contributed by atoms with E-state index in [2.05, 4.69) is 23.5 Å². The molecule has 0 radical (unpaired) electrons. The maximum Gasteiger partial charge on any atom is 0.0641 e. The molecule has 1 N–H and O–H groups in total. The van der Waals surface area contributed by atoms with Gasteiger partial charge in [-0.1, -0.05) is 0 Å². The Kier molecular flexibility index (Phi) is 5.49. The number of rotatable bonds is 7. The summed E-state index contributed by atoms with van der Waals surface area (Å²) in [5.41, 5.74) is 2.38.